The smallest absolute Gasteiger partial charge is 0.329 e. The Labute approximate surface area is 172 Å². The molecular weight excluding hydrogens is 368 g/mol. The van der Waals surface area contributed by atoms with Gasteiger partial charge in [0.1, 0.15) is 0 Å². The Kier molecular flexibility index (Phi) is 5.17. The first-order valence-electron chi connectivity index (χ1n) is 10.8. The van der Waals surface area contributed by atoms with E-state index in [1.54, 1.807) is 4.57 Å². The second-order valence-electron chi connectivity index (χ2n) is 9.68. The lowest BCUT2D eigenvalue weighted by atomic mass is 9.90. The lowest BCUT2D eigenvalue weighted by Crippen LogP contribution is -2.52. The van der Waals surface area contributed by atoms with E-state index in [1.165, 1.54) is 0 Å². The number of carbonyl (C=O) groups is 3. The summed E-state index contributed by atoms with van der Waals surface area (Å²) in [5.74, 6) is 0.208. The summed E-state index contributed by atoms with van der Waals surface area (Å²) in [6.07, 6.45) is 5.20. The molecule has 0 saturated carbocycles. The molecule has 7 nitrogen and oxygen atoms in total. The topological polar surface area (TPSA) is 65.9 Å². The van der Waals surface area contributed by atoms with E-state index < -0.39 is 5.41 Å². The van der Waals surface area contributed by atoms with Crippen LogP contribution in [-0.2, 0) is 16.1 Å². The standard InChI is InChI=1S/C22H32N4O3/c1-22(2,3)20(28)24-10-4-6-16(14-24)19(27)23-12-8-17(9-13-23)26-15-18-7-5-11-25(18)21(26)29/h5,7,11,16-17H,4,6,8-10,12-15H2,1-3H3. The fraction of sp³-hybridized carbons (Fsp3) is 0.682. The van der Waals surface area contributed by atoms with E-state index in [9.17, 15) is 14.4 Å². The van der Waals surface area contributed by atoms with Crippen molar-refractivity contribution in [3.63, 3.8) is 0 Å². The number of carbonyl (C=O) groups excluding carboxylic acids is 3. The second-order valence-corrected chi connectivity index (χ2v) is 9.68. The largest absolute Gasteiger partial charge is 0.342 e. The highest BCUT2D eigenvalue weighted by molar-refractivity contribution is 5.84. The van der Waals surface area contributed by atoms with Gasteiger partial charge in [-0.25, -0.2) is 4.79 Å². The first kappa shape index (κ1) is 20.0. The van der Waals surface area contributed by atoms with Crippen molar-refractivity contribution in [2.45, 2.75) is 59.0 Å². The predicted octanol–water partition coefficient (Wildman–Crippen LogP) is 2.55. The zero-order chi connectivity index (χ0) is 20.8. The summed E-state index contributed by atoms with van der Waals surface area (Å²) >= 11 is 0. The lowest BCUT2D eigenvalue weighted by molar-refractivity contribution is -0.145. The Bertz CT molecular complexity index is 801. The molecule has 4 heterocycles. The van der Waals surface area contributed by atoms with Gasteiger partial charge in [-0.3, -0.25) is 14.2 Å². The van der Waals surface area contributed by atoms with Gasteiger partial charge in [0, 0.05) is 49.5 Å². The highest BCUT2D eigenvalue weighted by Gasteiger charge is 2.38. The van der Waals surface area contributed by atoms with Crippen LogP contribution in [0.1, 0.15) is 52.1 Å². The van der Waals surface area contributed by atoms with Crippen molar-refractivity contribution >= 4 is 17.8 Å². The Morgan fingerprint density at radius 1 is 1.03 bits per heavy atom. The number of hydrogen-bond acceptors (Lipinski definition) is 3. The van der Waals surface area contributed by atoms with Gasteiger partial charge in [0.2, 0.25) is 11.8 Å². The van der Waals surface area contributed by atoms with Gasteiger partial charge in [-0.2, -0.15) is 0 Å². The minimum atomic E-state index is -0.412. The fourth-order valence-electron chi connectivity index (χ4n) is 4.89. The number of piperidine rings is 2. The molecule has 0 radical (unpaired) electrons. The first-order chi connectivity index (χ1) is 13.8. The maximum atomic E-state index is 13.1. The molecule has 0 aromatic carbocycles. The molecule has 1 aromatic heterocycles. The van der Waals surface area contributed by atoms with Crippen molar-refractivity contribution in [2.75, 3.05) is 26.2 Å². The van der Waals surface area contributed by atoms with Crippen molar-refractivity contribution in [1.82, 2.24) is 19.3 Å². The van der Waals surface area contributed by atoms with Crippen LogP contribution >= 0.6 is 0 Å². The Hall–Kier alpha value is -2.31. The van der Waals surface area contributed by atoms with Gasteiger partial charge in [-0.1, -0.05) is 20.8 Å². The lowest BCUT2D eigenvalue weighted by Gasteiger charge is -2.40. The van der Waals surface area contributed by atoms with Gasteiger partial charge in [0.15, 0.2) is 0 Å². The molecule has 158 valence electrons. The quantitative estimate of drug-likeness (QED) is 0.766. The van der Waals surface area contributed by atoms with Crippen LogP contribution in [0.5, 0.6) is 0 Å². The average Bonchev–Trinajstić information content (AvgIpc) is 3.29. The molecule has 0 N–H and O–H groups in total. The van der Waals surface area contributed by atoms with Crippen molar-refractivity contribution in [2.24, 2.45) is 11.3 Å². The van der Waals surface area contributed by atoms with Crippen LogP contribution in [0.2, 0.25) is 0 Å². The summed E-state index contributed by atoms with van der Waals surface area (Å²) in [6.45, 7) is 9.12. The van der Waals surface area contributed by atoms with E-state index in [-0.39, 0.29) is 29.8 Å². The van der Waals surface area contributed by atoms with E-state index in [0.717, 1.165) is 37.9 Å². The Morgan fingerprint density at radius 2 is 1.76 bits per heavy atom. The minimum Gasteiger partial charge on any atom is -0.342 e. The molecule has 3 aliphatic heterocycles. The van der Waals surface area contributed by atoms with Crippen LogP contribution in [0.4, 0.5) is 4.79 Å². The van der Waals surface area contributed by atoms with E-state index in [1.807, 2.05) is 53.8 Å². The number of hydrogen-bond donors (Lipinski definition) is 0. The summed E-state index contributed by atoms with van der Waals surface area (Å²) in [4.78, 5) is 44.1. The Morgan fingerprint density at radius 3 is 2.41 bits per heavy atom. The molecule has 7 heteroatoms. The van der Waals surface area contributed by atoms with E-state index in [0.29, 0.717) is 26.2 Å². The molecule has 3 amide bonds. The predicted molar refractivity (Wildman–Crippen MR) is 109 cm³/mol. The third-order valence-corrected chi connectivity index (χ3v) is 6.53. The molecular formula is C22H32N4O3. The van der Waals surface area contributed by atoms with Crippen LogP contribution in [0.25, 0.3) is 0 Å². The number of rotatable bonds is 2. The van der Waals surface area contributed by atoms with Crippen LogP contribution in [-0.4, -0.2) is 69.3 Å². The molecule has 0 bridgehead atoms. The minimum absolute atomic E-state index is 0.0541. The summed E-state index contributed by atoms with van der Waals surface area (Å²) in [5.41, 5.74) is 0.629. The van der Waals surface area contributed by atoms with Crippen LogP contribution in [0, 0.1) is 11.3 Å². The van der Waals surface area contributed by atoms with E-state index in [2.05, 4.69) is 0 Å². The van der Waals surface area contributed by atoms with E-state index >= 15 is 0 Å². The van der Waals surface area contributed by atoms with Gasteiger partial charge < -0.3 is 14.7 Å². The molecule has 4 rings (SSSR count). The third kappa shape index (κ3) is 3.79. The third-order valence-electron chi connectivity index (χ3n) is 6.53. The number of amides is 3. The van der Waals surface area contributed by atoms with Crippen LogP contribution in [0.3, 0.4) is 0 Å². The maximum absolute atomic E-state index is 13.1. The highest BCUT2D eigenvalue weighted by atomic mass is 16.2. The first-order valence-corrected chi connectivity index (χ1v) is 10.8. The molecule has 0 aliphatic carbocycles. The summed E-state index contributed by atoms with van der Waals surface area (Å²) < 4.78 is 1.72. The molecule has 1 aromatic rings. The number of aromatic nitrogens is 1. The van der Waals surface area contributed by atoms with Gasteiger partial charge in [0.25, 0.3) is 0 Å². The van der Waals surface area contributed by atoms with Gasteiger partial charge in [0.05, 0.1) is 12.5 Å². The number of likely N-dealkylation sites (tertiary alicyclic amines) is 2. The summed E-state index contributed by atoms with van der Waals surface area (Å²) in [5, 5.41) is 0. The molecule has 1 atom stereocenters. The van der Waals surface area contributed by atoms with Crippen molar-refractivity contribution in [1.29, 1.82) is 0 Å². The summed E-state index contributed by atoms with van der Waals surface area (Å²) in [7, 11) is 0. The van der Waals surface area contributed by atoms with Crippen LogP contribution < -0.4 is 0 Å². The second kappa shape index (κ2) is 7.50. The molecule has 1 unspecified atom stereocenters. The SMILES string of the molecule is CC(C)(C)C(=O)N1CCCC(C(=O)N2CCC(N3Cc4cccn4C3=O)CC2)C1. The Balaban J connectivity index is 1.32. The molecule has 2 saturated heterocycles. The van der Waals surface area contributed by atoms with Crippen LogP contribution in [0.15, 0.2) is 18.3 Å². The molecule has 3 aliphatic rings. The van der Waals surface area contributed by atoms with Crippen molar-refractivity contribution in [3.05, 3.63) is 24.0 Å². The zero-order valence-corrected chi connectivity index (χ0v) is 17.8. The molecule has 29 heavy (non-hydrogen) atoms. The molecule has 0 spiro atoms. The van der Waals surface area contributed by atoms with Gasteiger partial charge in [-0.15, -0.1) is 0 Å². The van der Waals surface area contributed by atoms with Crippen molar-refractivity contribution < 1.29 is 14.4 Å². The average molecular weight is 401 g/mol. The van der Waals surface area contributed by atoms with Gasteiger partial charge in [-0.05, 0) is 37.8 Å². The monoisotopic (exact) mass is 400 g/mol. The normalized spacial score (nSPS) is 23.5. The number of fused-ring (bicyclic) bond motifs is 1. The maximum Gasteiger partial charge on any atom is 0.329 e. The highest BCUT2D eigenvalue weighted by Crippen LogP contribution is 2.28. The molecule has 2 fully saturated rings. The van der Waals surface area contributed by atoms with E-state index in [4.69, 9.17) is 0 Å². The van der Waals surface area contributed by atoms with Gasteiger partial charge >= 0.3 is 6.03 Å². The fourth-order valence-corrected chi connectivity index (χ4v) is 4.89. The van der Waals surface area contributed by atoms with Crippen molar-refractivity contribution in [3.8, 4) is 0 Å². The zero-order valence-electron chi connectivity index (χ0n) is 17.8. The summed E-state index contributed by atoms with van der Waals surface area (Å²) in [6, 6.07) is 4.14. The number of nitrogens with zero attached hydrogens (tertiary/aromatic N) is 4.